The first kappa shape index (κ1) is 14.2. The Morgan fingerprint density at radius 2 is 2.05 bits per heavy atom. The van der Waals surface area contributed by atoms with Crippen LogP contribution in [-0.4, -0.2) is 25.0 Å². The molecule has 0 unspecified atom stereocenters. The highest BCUT2D eigenvalue weighted by molar-refractivity contribution is 5.79. The van der Waals surface area contributed by atoms with Crippen molar-refractivity contribution >= 4 is 11.6 Å². The second-order valence-electron chi connectivity index (χ2n) is 6.05. The van der Waals surface area contributed by atoms with Gasteiger partial charge in [-0.3, -0.25) is 4.79 Å². The molecule has 21 heavy (non-hydrogen) atoms. The topological polar surface area (TPSA) is 32.3 Å². The molecule has 1 amide bonds. The van der Waals surface area contributed by atoms with Crippen LogP contribution in [0.2, 0.25) is 0 Å². The number of nitrogens with one attached hydrogen (secondary N) is 1. The van der Waals surface area contributed by atoms with Gasteiger partial charge in [0.1, 0.15) is 0 Å². The maximum absolute atomic E-state index is 12.2. The predicted octanol–water partition coefficient (Wildman–Crippen LogP) is 3.13. The SMILES string of the molecule is O=C(NC[C@H]1CCCN1c1ccccc1)[C@@H]1CC=CCC1. The zero-order chi connectivity index (χ0) is 14.5. The van der Waals surface area contributed by atoms with Crippen molar-refractivity contribution in [3.8, 4) is 0 Å². The van der Waals surface area contributed by atoms with Crippen molar-refractivity contribution in [2.24, 2.45) is 5.92 Å². The Hall–Kier alpha value is -1.77. The van der Waals surface area contributed by atoms with Gasteiger partial charge >= 0.3 is 0 Å². The Morgan fingerprint density at radius 3 is 2.81 bits per heavy atom. The van der Waals surface area contributed by atoms with E-state index in [-0.39, 0.29) is 11.8 Å². The van der Waals surface area contributed by atoms with Crippen LogP contribution in [0.15, 0.2) is 42.5 Å². The fourth-order valence-electron chi connectivity index (χ4n) is 3.40. The molecule has 3 nitrogen and oxygen atoms in total. The van der Waals surface area contributed by atoms with E-state index < -0.39 is 0 Å². The van der Waals surface area contributed by atoms with Crippen LogP contribution in [-0.2, 0) is 4.79 Å². The van der Waals surface area contributed by atoms with Crippen LogP contribution in [0.1, 0.15) is 32.1 Å². The van der Waals surface area contributed by atoms with Gasteiger partial charge in [-0.2, -0.15) is 0 Å². The standard InChI is InChI=1S/C18H24N2O/c21-18(15-8-3-1-4-9-15)19-14-17-12-7-13-20(17)16-10-5-2-6-11-16/h1-3,5-6,10-11,15,17H,4,7-9,12-14H2,(H,19,21)/t15-,17-/m1/s1. The first-order valence-electron chi connectivity index (χ1n) is 8.09. The highest BCUT2D eigenvalue weighted by Crippen LogP contribution is 2.25. The third kappa shape index (κ3) is 3.46. The average molecular weight is 284 g/mol. The molecular formula is C18H24N2O. The number of nitrogens with zero attached hydrogens (tertiary/aromatic N) is 1. The smallest absolute Gasteiger partial charge is 0.223 e. The number of para-hydroxylation sites is 1. The summed E-state index contributed by atoms with van der Waals surface area (Å²) in [5, 5.41) is 3.18. The summed E-state index contributed by atoms with van der Waals surface area (Å²) in [6.45, 7) is 1.87. The van der Waals surface area contributed by atoms with Crippen molar-refractivity contribution in [1.82, 2.24) is 5.32 Å². The largest absolute Gasteiger partial charge is 0.367 e. The molecule has 1 aromatic carbocycles. The Kier molecular flexibility index (Phi) is 4.59. The van der Waals surface area contributed by atoms with Crippen LogP contribution >= 0.6 is 0 Å². The summed E-state index contributed by atoms with van der Waals surface area (Å²) >= 11 is 0. The molecule has 3 rings (SSSR count). The van der Waals surface area contributed by atoms with E-state index >= 15 is 0 Å². The summed E-state index contributed by atoms with van der Waals surface area (Å²) in [5.74, 6) is 0.417. The highest BCUT2D eigenvalue weighted by Gasteiger charge is 2.26. The van der Waals surface area contributed by atoms with Crippen molar-refractivity contribution in [2.75, 3.05) is 18.0 Å². The van der Waals surface area contributed by atoms with Gasteiger partial charge in [0.25, 0.3) is 0 Å². The van der Waals surface area contributed by atoms with Crippen LogP contribution in [0.25, 0.3) is 0 Å². The monoisotopic (exact) mass is 284 g/mol. The zero-order valence-corrected chi connectivity index (χ0v) is 12.5. The van der Waals surface area contributed by atoms with Crippen molar-refractivity contribution in [3.63, 3.8) is 0 Å². The average Bonchev–Trinajstić information content (AvgIpc) is 3.03. The van der Waals surface area contributed by atoms with Crippen molar-refractivity contribution in [1.29, 1.82) is 0 Å². The molecule has 1 aliphatic carbocycles. The van der Waals surface area contributed by atoms with E-state index in [2.05, 4.69) is 46.6 Å². The van der Waals surface area contributed by atoms with E-state index in [1.807, 2.05) is 6.07 Å². The number of benzene rings is 1. The first-order valence-corrected chi connectivity index (χ1v) is 8.09. The summed E-state index contributed by atoms with van der Waals surface area (Å²) < 4.78 is 0. The molecule has 1 fully saturated rings. The van der Waals surface area contributed by atoms with Gasteiger partial charge in [0.2, 0.25) is 5.91 Å². The maximum atomic E-state index is 12.2. The van der Waals surface area contributed by atoms with Gasteiger partial charge in [-0.05, 0) is 44.2 Å². The fourth-order valence-corrected chi connectivity index (χ4v) is 3.40. The molecule has 1 aliphatic heterocycles. The molecule has 0 radical (unpaired) electrons. The molecule has 0 spiro atoms. The minimum atomic E-state index is 0.182. The maximum Gasteiger partial charge on any atom is 0.223 e. The van der Waals surface area contributed by atoms with E-state index in [0.717, 1.165) is 32.4 Å². The molecule has 2 aliphatic rings. The van der Waals surface area contributed by atoms with Crippen LogP contribution in [0.3, 0.4) is 0 Å². The van der Waals surface area contributed by atoms with Crippen LogP contribution < -0.4 is 10.2 Å². The first-order chi connectivity index (χ1) is 10.3. The summed E-state index contributed by atoms with van der Waals surface area (Å²) in [6, 6.07) is 11.0. The van der Waals surface area contributed by atoms with E-state index in [4.69, 9.17) is 0 Å². The van der Waals surface area contributed by atoms with E-state index in [1.165, 1.54) is 18.5 Å². The van der Waals surface area contributed by atoms with E-state index in [1.54, 1.807) is 0 Å². The Balaban J connectivity index is 1.54. The molecule has 0 aromatic heterocycles. The summed E-state index contributed by atoms with van der Waals surface area (Å²) in [7, 11) is 0. The normalized spacial score (nSPS) is 25.0. The number of allylic oxidation sites excluding steroid dienone is 2. The third-order valence-electron chi connectivity index (χ3n) is 4.62. The van der Waals surface area contributed by atoms with Gasteiger partial charge in [0.05, 0.1) is 0 Å². The second kappa shape index (κ2) is 6.79. The Bertz CT molecular complexity index is 497. The van der Waals surface area contributed by atoms with E-state index in [9.17, 15) is 4.79 Å². The molecule has 112 valence electrons. The number of carbonyl (C=O) groups is 1. The van der Waals surface area contributed by atoms with Crippen LogP contribution in [0, 0.1) is 5.92 Å². The van der Waals surface area contributed by atoms with Gasteiger partial charge in [-0.1, -0.05) is 30.4 Å². The molecule has 0 saturated carbocycles. The number of hydrogen-bond acceptors (Lipinski definition) is 2. The Labute approximate surface area is 127 Å². The number of carbonyl (C=O) groups excluding carboxylic acids is 1. The number of amides is 1. The van der Waals surface area contributed by atoms with Gasteiger partial charge in [-0.15, -0.1) is 0 Å². The number of rotatable bonds is 4. The minimum absolute atomic E-state index is 0.182. The molecule has 1 heterocycles. The molecule has 1 aromatic rings. The van der Waals surface area contributed by atoms with Crippen molar-refractivity contribution < 1.29 is 4.79 Å². The zero-order valence-electron chi connectivity index (χ0n) is 12.5. The van der Waals surface area contributed by atoms with Gasteiger partial charge in [-0.25, -0.2) is 0 Å². The fraction of sp³-hybridized carbons (Fsp3) is 0.500. The quantitative estimate of drug-likeness (QED) is 0.862. The molecule has 1 N–H and O–H groups in total. The van der Waals surface area contributed by atoms with Gasteiger partial charge < -0.3 is 10.2 Å². The number of anilines is 1. The molecule has 0 bridgehead atoms. The van der Waals surface area contributed by atoms with Crippen molar-refractivity contribution in [3.05, 3.63) is 42.5 Å². The molecule has 3 heteroatoms. The van der Waals surface area contributed by atoms with Crippen molar-refractivity contribution in [2.45, 2.75) is 38.1 Å². The molecular weight excluding hydrogens is 260 g/mol. The lowest BCUT2D eigenvalue weighted by Gasteiger charge is -2.28. The summed E-state index contributed by atoms with van der Waals surface area (Å²) in [6.07, 6.45) is 9.63. The lowest BCUT2D eigenvalue weighted by atomic mass is 9.93. The Morgan fingerprint density at radius 1 is 1.19 bits per heavy atom. The third-order valence-corrected chi connectivity index (χ3v) is 4.62. The minimum Gasteiger partial charge on any atom is -0.367 e. The summed E-state index contributed by atoms with van der Waals surface area (Å²) in [4.78, 5) is 14.7. The van der Waals surface area contributed by atoms with Gasteiger partial charge in [0, 0.05) is 30.7 Å². The van der Waals surface area contributed by atoms with Crippen LogP contribution in [0.5, 0.6) is 0 Å². The van der Waals surface area contributed by atoms with Crippen LogP contribution in [0.4, 0.5) is 5.69 Å². The predicted molar refractivity (Wildman–Crippen MR) is 86.3 cm³/mol. The van der Waals surface area contributed by atoms with E-state index in [0.29, 0.717) is 6.04 Å². The molecule has 1 saturated heterocycles. The lowest BCUT2D eigenvalue weighted by molar-refractivity contribution is -0.125. The lowest BCUT2D eigenvalue weighted by Crippen LogP contribution is -2.42. The van der Waals surface area contributed by atoms with Gasteiger partial charge in [0.15, 0.2) is 0 Å². The second-order valence-corrected chi connectivity index (χ2v) is 6.05. The highest BCUT2D eigenvalue weighted by atomic mass is 16.1. The number of hydrogen-bond donors (Lipinski definition) is 1. The summed E-state index contributed by atoms with van der Waals surface area (Å²) in [5.41, 5.74) is 1.27. The molecule has 2 atom stereocenters.